The van der Waals surface area contributed by atoms with Crippen molar-refractivity contribution in [3.05, 3.63) is 119 Å². The van der Waals surface area contributed by atoms with E-state index in [2.05, 4.69) is 34.7 Å². The molecule has 3 amide bonds. The second-order valence-corrected chi connectivity index (χ2v) is 16.3. The number of anilines is 4. The second kappa shape index (κ2) is 45.0. The van der Waals surface area contributed by atoms with Gasteiger partial charge in [-0.05, 0) is 149 Å². The molecule has 21 heteroatoms. The van der Waals surface area contributed by atoms with E-state index in [9.17, 15) is 19.2 Å². The number of carbonyl (C=O) groups is 4. The maximum atomic E-state index is 11.9. The molecule has 0 aromatic heterocycles. The lowest BCUT2D eigenvalue weighted by Crippen LogP contribution is -2.34. The normalized spacial score (nSPS) is 10.5. The van der Waals surface area contributed by atoms with E-state index in [4.69, 9.17) is 67.9 Å². The monoisotopic (exact) mass is 1050 g/mol. The summed E-state index contributed by atoms with van der Waals surface area (Å²) in [6, 6.07) is 26.6. The van der Waals surface area contributed by atoms with Crippen molar-refractivity contribution in [1.29, 1.82) is 0 Å². The largest absolute Gasteiger partial charge is 0.478 e. The van der Waals surface area contributed by atoms with Gasteiger partial charge >= 0.3 is 5.97 Å². The molecule has 0 heterocycles. The van der Waals surface area contributed by atoms with Crippen molar-refractivity contribution >= 4 is 46.4 Å². The molecule has 16 N–H and O–H groups in total. The SMILES string of the molecule is CCN(CC)CCNC(=O)c1ccc(N)cc1.NCCCOCCOCCOCCCN.Nc1ccc(C(=O)NCCCOCCOCCOCCCNC(=O)c2ccc(N)cc2)cc1.Nc1ccc(C(=O)O)cc1. The van der Waals surface area contributed by atoms with Crippen LogP contribution in [0.15, 0.2) is 97.1 Å². The lowest BCUT2D eigenvalue weighted by Gasteiger charge is -2.17. The van der Waals surface area contributed by atoms with Crippen LogP contribution in [0.5, 0.6) is 0 Å². The third-order valence-corrected chi connectivity index (χ3v) is 10.3. The first-order chi connectivity index (χ1) is 36.3. The number of nitrogens with two attached hydrogens (primary N) is 6. The third kappa shape index (κ3) is 36.2. The number of aromatic carboxylic acids is 1. The van der Waals surface area contributed by atoms with Crippen LogP contribution in [0.3, 0.4) is 0 Å². The number of benzene rings is 4. The van der Waals surface area contributed by atoms with Crippen LogP contribution in [0.4, 0.5) is 22.7 Å². The predicted octanol–water partition coefficient (Wildman–Crippen LogP) is 3.88. The Balaban J connectivity index is 0.000000559. The summed E-state index contributed by atoms with van der Waals surface area (Å²) in [6.45, 7) is 17.2. The fourth-order valence-electron chi connectivity index (χ4n) is 5.91. The molecule has 418 valence electrons. The van der Waals surface area contributed by atoms with Crippen molar-refractivity contribution in [2.45, 2.75) is 39.5 Å². The fraction of sp³-hybridized carbons (Fsp3) is 0.481. The molecule has 0 spiro atoms. The van der Waals surface area contributed by atoms with Crippen LogP contribution in [0.25, 0.3) is 0 Å². The number of likely N-dealkylation sites (N-methyl/N-ethyl adjacent to an activating group) is 1. The summed E-state index contributed by atoms with van der Waals surface area (Å²) in [6.07, 6.45) is 3.25. The Bertz CT molecular complexity index is 1970. The van der Waals surface area contributed by atoms with Gasteiger partial charge in [0.25, 0.3) is 17.7 Å². The molecular formula is C54H86N10O11. The Morgan fingerprint density at radius 3 is 0.920 bits per heavy atom. The Hall–Kier alpha value is -6.40. The summed E-state index contributed by atoms with van der Waals surface area (Å²) >= 11 is 0. The van der Waals surface area contributed by atoms with Crippen molar-refractivity contribution < 1.29 is 52.7 Å². The molecule has 0 fully saturated rings. The van der Waals surface area contributed by atoms with Crippen molar-refractivity contribution in [2.75, 3.05) is 155 Å². The van der Waals surface area contributed by atoms with Gasteiger partial charge in [-0.1, -0.05) is 13.8 Å². The molecule has 0 aliphatic rings. The van der Waals surface area contributed by atoms with Gasteiger partial charge in [0.05, 0.1) is 58.4 Å². The average Bonchev–Trinajstić information content (AvgIpc) is 3.41. The van der Waals surface area contributed by atoms with Crippen LogP contribution >= 0.6 is 0 Å². The quantitative estimate of drug-likeness (QED) is 0.0231. The zero-order valence-electron chi connectivity index (χ0n) is 44.1. The van der Waals surface area contributed by atoms with Gasteiger partial charge in [-0.3, -0.25) is 14.4 Å². The van der Waals surface area contributed by atoms with E-state index in [1.807, 2.05) is 0 Å². The van der Waals surface area contributed by atoms with Crippen molar-refractivity contribution in [3.8, 4) is 0 Å². The third-order valence-electron chi connectivity index (χ3n) is 10.3. The number of rotatable bonds is 35. The second-order valence-electron chi connectivity index (χ2n) is 16.3. The van der Waals surface area contributed by atoms with E-state index in [-0.39, 0.29) is 23.3 Å². The number of nitrogens with one attached hydrogen (secondary N) is 3. The first-order valence-corrected chi connectivity index (χ1v) is 25.4. The highest BCUT2D eigenvalue weighted by Gasteiger charge is 2.07. The number of carbonyl (C=O) groups excluding carboxylic acids is 3. The van der Waals surface area contributed by atoms with Crippen LogP contribution in [0, 0.1) is 0 Å². The number of carboxylic acid groups (broad SMARTS) is 1. The van der Waals surface area contributed by atoms with Gasteiger partial charge in [0.1, 0.15) is 0 Å². The minimum atomic E-state index is -0.931. The smallest absolute Gasteiger partial charge is 0.335 e. The van der Waals surface area contributed by atoms with Gasteiger partial charge in [-0.15, -0.1) is 0 Å². The van der Waals surface area contributed by atoms with Crippen molar-refractivity contribution in [3.63, 3.8) is 0 Å². The molecule has 4 aromatic carbocycles. The zero-order chi connectivity index (χ0) is 55.2. The number of nitrogen functional groups attached to an aromatic ring is 4. The Morgan fingerprint density at radius 2 is 0.653 bits per heavy atom. The minimum Gasteiger partial charge on any atom is -0.478 e. The Labute approximate surface area is 443 Å². The molecule has 4 rings (SSSR count). The molecule has 0 saturated heterocycles. The van der Waals surface area contributed by atoms with Crippen molar-refractivity contribution in [1.82, 2.24) is 20.9 Å². The first kappa shape index (κ1) is 66.6. The van der Waals surface area contributed by atoms with E-state index >= 15 is 0 Å². The van der Waals surface area contributed by atoms with Gasteiger partial charge in [-0.25, -0.2) is 4.79 Å². The van der Waals surface area contributed by atoms with E-state index in [1.165, 1.54) is 12.1 Å². The molecule has 75 heavy (non-hydrogen) atoms. The molecule has 0 saturated carbocycles. The number of hydrogen-bond acceptors (Lipinski definition) is 17. The minimum absolute atomic E-state index is 0.0443. The number of nitrogens with zero attached hydrogens (tertiary/aromatic N) is 1. The summed E-state index contributed by atoms with van der Waals surface area (Å²) < 4.78 is 32.2. The topological polar surface area (TPSA) is 339 Å². The van der Waals surface area contributed by atoms with Gasteiger partial charge in [0, 0.05) is 92.0 Å². The molecule has 0 radical (unpaired) electrons. The summed E-state index contributed by atoms with van der Waals surface area (Å²) in [5.41, 5.74) is 37.3. The molecule has 0 aliphatic heterocycles. The van der Waals surface area contributed by atoms with Gasteiger partial charge < -0.3 is 88.8 Å². The van der Waals surface area contributed by atoms with Crippen LogP contribution in [0.2, 0.25) is 0 Å². The lowest BCUT2D eigenvalue weighted by molar-refractivity contribution is 0.0139. The highest BCUT2D eigenvalue weighted by atomic mass is 16.5. The van der Waals surface area contributed by atoms with E-state index < -0.39 is 5.97 Å². The highest BCUT2D eigenvalue weighted by molar-refractivity contribution is 5.95. The molecule has 0 unspecified atom stereocenters. The first-order valence-electron chi connectivity index (χ1n) is 25.4. The fourth-order valence-corrected chi connectivity index (χ4v) is 5.91. The average molecular weight is 1050 g/mol. The summed E-state index contributed by atoms with van der Waals surface area (Å²) in [7, 11) is 0. The summed E-state index contributed by atoms with van der Waals surface area (Å²) in [5, 5.41) is 17.0. The molecule has 0 bridgehead atoms. The van der Waals surface area contributed by atoms with Gasteiger partial charge in [0.15, 0.2) is 0 Å². The lowest BCUT2D eigenvalue weighted by atomic mass is 10.2. The number of carboxylic acids is 1. The Morgan fingerprint density at radius 1 is 0.400 bits per heavy atom. The maximum absolute atomic E-state index is 11.9. The van der Waals surface area contributed by atoms with Crippen LogP contribution in [0.1, 0.15) is 81.0 Å². The summed E-state index contributed by atoms with van der Waals surface area (Å²) in [4.78, 5) is 48.1. The van der Waals surface area contributed by atoms with E-state index in [0.717, 1.165) is 45.3 Å². The van der Waals surface area contributed by atoms with E-state index in [0.29, 0.717) is 151 Å². The summed E-state index contributed by atoms with van der Waals surface area (Å²) in [5.74, 6) is -1.22. The molecule has 4 aromatic rings. The molecule has 0 aliphatic carbocycles. The van der Waals surface area contributed by atoms with Crippen molar-refractivity contribution in [2.24, 2.45) is 11.5 Å². The molecular weight excluding hydrogens is 965 g/mol. The number of ether oxygens (including phenoxy) is 6. The highest BCUT2D eigenvalue weighted by Crippen LogP contribution is 2.08. The number of amides is 3. The van der Waals surface area contributed by atoms with Crippen LogP contribution in [-0.4, -0.2) is 165 Å². The van der Waals surface area contributed by atoms with Gasteiger partial charge in [0.2, 0.25) is 0 Å². The zero-order valence-corrected chi connectivity index (χ0v) is 44.1. The number of hydrogen-bond donors (Lipinski definition) is 10. The maximum Gasteiger partial charge on any atom is 0.335 e. The van der Waals surface area contributed by atoms with Gasteiger partial charge in [-0.2, -0.15) is 0 Å². The van der Waals surface area contributed by atoms with E-state index in [1.54, 1.807) is 84.9 Å². The molecule has 21 nitrogen and oxygen atoms in total. The Kier molecular flexibility index (Phi) is 40.0. The molecule has 0 atom stereocenters. The van der Waals surface area contributed by atoms with Crippen LogP contribution in [-0.2, 0) is 28.4 Å². The van der Waals surface area contributed by atoms with Crippen LogP contribution < -0.4 is 50.4 Å². The predicted molar refractivity (Wildman–Crippen MR) is 297 cm³/mol. The standard InChI is InChI=1S/C24H34N4O5.C13H21N3O.C10H24N2O3.C7H7NO2/c25-21-7-3-19(4-8-21)23(29)27-11-1-13-31-15-17-33-18-16-32-14-2-12-28-24(30)20-5-9-22(26)10-6-20;1-3-16(4-2)10-9-15-13(17)11-5-7-12(14)8-6-11;11-3-1-5-13-7-9-15-10-8-14-6-2-4-12;8-6-3-1-5(2-4-6)7(9)10/h3-10H,1-2,11-18,25-26H2,(H,27,29)(H,28,30);5-8H,3-4,9-10,14H2,1-2H3,(H,15,17);1-12H2;1-4H,8H2,(H,9,10).